The van der Waals surface area contributed by atoms with Gasteiger partial charge in [-0.3, -0.25) is 18.8 Å². The summed E-state index contributed by atoms with van der Waals surface area (Å²) in [6.07, 6.45) is 5.67. The van der Waals surface area contributed by atoms with E-state index in [0.717, 1.165) is 29.3 Å². The number of rotatable bonds is 5. The Hall–Kier alpha value is -1.99. The van der Waals surface area contributed by atoms with E-state index in [1.807, 2.05) is 29.5 Å². The van der Waals surface area contributed by atoms with E-state index in [4.69, 9.17) is 0 Å². The standard InChI is InChI=1S/C14H17N5OS/c1-3-18-9-11(7-15-18)8-17(2)10-12-6-13(20)19-4-5-21-14(19)16-12/h4-7,9H,3,8,10H2,1-2H3. The molecule has 0 aromatic carbocycles. The van der Waals surface area contributed by atoms with Crippen molar-refractivity contribution >= 4 is 16.3 Å². The van der Waals surface area contributed by atoms with Gasteiger partial charge in [-0.05, 0) is 14.0 Å². The van der Waals surface area contributed by atoms with Crippen LogP contribution < -0.4 is 5.56 Å². The molecule has 0 aliphatic heterocycles. The van der Waals surface area contributed by atoms with Crippen LogP contribution in [-0.4, -0.2) is 31.1 Å². The van der Waals surface area contributed by atoms with Crippen LogP contribution >= 0.6 is 11.3 Å². The lowest BCUT2D eigenvalue weighted by Gasteiger charge is -2.14. The zero-order valence-electron chi connectivity index (χ0n) is 12.1. The molecule has 110 valence electrons. The van der Waals surface area contributed by atoms with Gasteiger partial charge in [0.05, 0.1) is 11.9 Å². The highest BCUT2D eigenvalue weighted by atomic mass is 32.1. The van der Waals surface area contributed by atoms with Gasteiger partial charge in [0.15, 0.2) is 4.96 Å². The van der Waals surface area contributed by atoms with Crippen LogP contribution in [0.25, 0.3) is 4.96 Å². The highest BCUT2D eigenvalue weighted by molar-refractivity contribution is 7.15. The highest BCUT2D eigenvalue weighted by Gasteiger charge is 2.08. The average Bonchev–Trinajstić information content (AvgIpc) is 3.07. The number of fused-ring (bicyclic) bond motifs is 1. The van der Waals surface area contributed by atoms with Gasteiger partial charge in [-0.1, -0.05) is 0 Å². The second kappa shape index (κ2) is 5.79. The lowest BCUT2D eigenvalue weighted by atomic mass is 10.3. The summed E-state index contributed by atoms with van der Waals surface area (Å²) in [6.45, 7) is 4.36. The van der Waals surface area contributed by atoms with Crippen molar-refractivity contribution in [3.05, 3.63) is 51.6 Å². The molecule has 0 radical (unpaired) electrons. The van der Waals surface area contributed by atoms with E-state index in [1.54, 1.807) is 16.7 Å². The fourth-order valence-electron chi connectivity index (χ4n) is 2.27. The molecule has 0 spiro atoms. The van der Waals surface area contributed by atoms with Crippen molar-refractivity contribution in [1.29, 1.82) is 0 Å². The molecule has 21 heavy (non-hydrogen) atoms. The van der Waals surface area contributed by atoms with Gasteiger partial charge in [-0.15, -0.1) is 11.3 Å². The molecular formula is C14H17N5OS. The van der Waals surface area contributed by atoms with Gasteiger partial charge in [0.2, 0.25) is 0 Å². The van der Waals surface area contributed by atoms with E-state index in [1.165, 1.54) is 11.3 Å². The minimum atomic E-state index is -0.0246. The van der Waals surface area contributed by atoms with Crippen molar-refractivity contribution in [2.75, 3.05) is 7.05 Å². The van der Waals surface area contributed by atoms with E-state index >= 15 is 0 Å². The van der Waals surface area contributed by atoms with Crippen molar-refractivity contribution in [1.82, 2.24) is 24.1 Å². The van der Waals surface area contributed by atoms with E-state index in [-0.39, 0.29) is 5.56 Å². The maximum Gasteiger partial charge on any atom is 0.258 e. The van der Waals surface area contributed by atoms with Crippen molar-refractivity contribution in [3.8, 4) is 0 Å². The van der Waals surface area contributed by atoms with Crippen LogP contribution in [0, 0.1) is 0 Å². The molecule has 0 saturated heterocycles. The number of hydrogen-bond donors (Lipinski definition) is 0. The van der Waals surface area contributed by atoms with Crippen molar-refractivity contribution in [2.24, 2.45) is 0 Å². The van der Waals surface area contributed by atoms with Gasteiger partial charge in [0.1, 0.15) is 0 Å². The zero-order chi connectivity index (χ0) is 14.8. The van der Waals surface area contributed by atoms with E-state index < -0.39 is 0 Å². The third kappa shape index (κ3) is 3.03. The van der Waals surface area contributed by atoms with Gasteiger partial charge < -0.3 is 0 Å². The summed E-state index contributed by atoms with van der Waals surface area (Å²) in [4.78, 5) is 19.3. The molecule has 6 nitrogen and oxygen atoms in total. The van der Waals surface area contributed by atoms with Crippen LogP contribution in [0.15, 0.2) is 34.8 Å². The molecule has 0 fully saturated rings. The van der Waals surface area contributed by atoms with Gasteiger partial charge >= 0.3 is 0 Å². The smallest absolute Gasteiger partial charge is 0.258 e. The molecule has 0 aliphatic carbocycles. The van der Waals surface area contributed by atoms with Crippen LogP contribution in [0.2, 0.25) is 0 Å². The fraction of sp³-hybridized carbons (Fsp3) is 0.357. The van der Waals surface area contributed by atoms with E-state index in [0.29, 0.717) is 6.54 Å². The molecule has 3 aromatic rings. The van der Waals surface area contributed by atoms with Crippen LogP contribution in [0.3, 0.4) is 0 Å². The van der Waals surface area contributed by atoms with Crippen molar-refractivity contribution in [3.63, 3.8) is 0 Å². The molecule has 0 bridgehead atoms. The minimum absolute atomic E-state index is 0.0246. The molecule has 7 heteroatoms. The maximum atomic E-state index is 11.9. The largest absolute Gasteiger partial charge is 0.296 e. The van der Waals surface area contributed by atoms with Gasteiger partial charge in [-0.25, -0.2) is 4.98 Å². The monoisotopic (exact) mass is 303 g/mol. The molecule has 0 saturated carbocycles. The highest BCUT2D eigenvalue weighted by Crippen LogP contribution is 2.09. The summed E-state index contributed by atoms with van der Waals surface area (Å²) in [5.74, 6) is 0. The Morgan fingerprint density at radius 2 is 2.24 bits per heavy atom. The first-order chi connectivity index (χ1) is 10.2. The Labute approximate surface area is 126 Å². The first-order valence-electron chi connectivity index (χ1n) is 6.81. The van der Waals surface area contributed by atoms with Gasteiger partial charge in [0, 0.05) is 49.0 Å². The summed E-state index contributed by atoms with van der Waals surface area (Å²) < 4.78 is 3.48. The quantitative estimate of drug-likeness (QED) is 0.718. The summed E-state index contributed by atoms with van der Waals surface area (Å²) in [5, 5.41) is 6.14. The third-order valence-electron chi connectivity index (χ3n) is 3.25. The molecule has 3 heterocycles. The molecule has 0 N–H and O–H groups in total. The maximum absolute atomic E-state index is 11.9. The Morgan fingerprint density at radius 3 is 3.00 bits per heavy atom. The fourth-order valence-corrected chi connectivity index (χ4v) is 3.01. The average molecular weight is 303 g/mol. The van der Waals surface area contributed by atoms with E-state index in [2.05, 4.69) is 21.9 Å². The zero-order valence-corrected chi connectivity index (χ0v) is 12.9. The second-order valence-corrected chi connectivity index (χ2v) is 5.89. The first-order valence-corrected chi connectivity index (χ1v) is 7.69. The van der Waals surface area contributed by atoms with Crippen LogP contribution in [0.5, 0.6) is 0 Å². The predicted molar refractivity (Wildman–Crippen MR) is 82.4 cm³/mol. The molecular weight excluding hydrogens is 286 g/mol. The van der Waals surface area contributed by atoms with Crippen LogP contribution in [-0.2, 0) is 19.6 Å². The SMILES string of the molecule is CCn1cc(CN(C)Cc2cc(=O)n3ccsc3n2)cn1. The topological polar surface area (TPSA) is 55.4 Å². The summed E-state index contributed by atoms with van der Waals surface area (Å²) in [5.41, 5.74) is 1.93. The predicted octanol–water partition coefficient (Wildman–Crippen LogP) is 1.60. The number of nitrogens with zero attached hydrogens (tertiary/aromatic N) is 5. The summed E-state index contributed by atoms with van der Waals surface area (Å²) in [6, 6.07) is 1.60. The minimum Gasteiger partial charge on any atom is -0.296 e. The Bertz CT molecular complexity index is 803. The Morgan fingerprint density at radius 1 is 1.38 bits per heavy atom. The van der Waals surface area contributed by atoms with Crippen molar-refractivity contribution < 1.29 is 0 Å². The second-order valence-electron chi connectivity index (χ2n) is 5.02. The van der Waals surface area contributed by atoms with Crippen molar-refractivity contribution in [2.45, 2.75) is 26.6 Å². The Balaban J connectivity index is 1.73. The number of hydrogen-bond acceptors (Lipinski definition) is 5. The number of thiazole rings is 1. The molecule has 0 aliphatic rings. The summed E-state index contributed by atoms with van der Waals surface area (Å²) >= 11 is 1.47. The molecule has 0 amide bonds. The number of aryl methyl sites for hydroxylation is 1. The lowest BCUT2D eigenvalue weighted by Crippen LogP contribution is -2.21. The first kappa shape index (κ1) is 14.0. The Kier molecular flexibility index (Phi) is 3.85. The molecule has 0 unspecified atom stereocenters. The van der Waals surface area contributed by atoms with Gasteiger partial charge in [0.25, 0.3) is 5.56 Å². The summed E-state index contributed by atoms with van der Waals surface area (Å²) in [7, 11) is 2.02. The molecule has 3 rings (SSSR count). The van der Waals surface area contributed by atoms with Gasteiger partial charge in [-0.2, -0.15) is 5.10 Å². The molecule has 3 aromatic heterocycles. The molecule has 0 atom stereocenters. The number of aromatic nitrogens is 4. The third-order valence-corrected chi connectivity index (χ3v) is 4.01. The van der Waals surface area contributed by atoms with E-state index in [9.17, 15) is 4.79 Å². The normalized spacial score (nSPS) is 11.6. The van der Waals surface area contributed by atoms with Crippen LogP contribution in [0.4, 0.5) is 0 Å². The lowest BCUT2D eigenvalue weighted by molar-refractivity contribution is 0.315. The van der Waals surface area contributed by atoms with Crippen LogP contribution in [0.1, 0.15) is 18.2 Å².